The van der Waals surface area contributed by atoms with Crippen LogP contribution in [0.5, 0.6) is 5.75 Å². The summed E-state index contributed by atoms with van der Waals surface area (Å²) in [6.07, 6.45) is 0. The molecule has 0 saturated heterocycles. The summed E-state index contributed by atoms with van der Waals surface area (Å²) in [7, 11) is 2.84. The van der Waals surface area contributed by atoms with Crippen molar-refractivity contribution in [2.24, 2.45) is 0 Å². The van der Waals surface area contributed by atoms with Gasteiger partial charge >= 0.3 is 5.97 Å². The van der Waals surface area contributed by atoms with Crippen molar-refractivity contribution in [3.8, 4) is 5.75 Å². The molecule has 0 saturated carbocycles. The Hall–Kier alpha value is -1.81. The predicted octanol–water partition coefficient (Wildman–Crippen LogP) is 2.68. The van der Waals surface area contributed by atoms with E-state index in [4.69, 9.17) is 16.3 Å². The first kappa shape index (κ1) is 11.7. The van der Waals surface area contributed by atoms with Gasteiger partial charge in [0.05, 0.1) is 24.8 Å². The molecule has 0 unspecified atom stereocenters. The molecule has 0 aliphatic carbocycles. The fourth-order valence-corrected chi connectivity index (χ4v) is 1.75. The molecule has 0 N–H and O–H groups in total. The number of rotatable bonds is 2. The van der Waals surface area contributed by atoms with Gasteiger partial charge in [-0.05, 0) is 12.1 Å². The highest BCUT2D eigenvalue weighted by molar-refractivity contribution is 6.32. The number of methoxy groups -OCH3 is 2. The van der Waals surface area contributed by atoms with Gasteiger partial charge in [-0.1, -0.05) is 17.7 Å². The summed E-state index contributed by atoms with van der Waals surface area (Å²) < 4.78 is 9.70. The first-order valence-electron chi connectivity index (χ1n) is 4.88. The summed E-state index contributed by atoms with van der Waals surface area (Å²) in [4.78, 5) is 15.5. The van der Waals surface area contributed by atoms with E-state index in [2.05, 4.69) is 9.72 Å². The van der Waals surface area contributed by atoms with Crippen molar-refractivity contribution in [3.63, 3.8) is 0 Å². The molecule has 0 radical (unpaired) electrons. The van der Waals surface area contributed by atoms with Gasteiger partial charge in [-0.25, -0.2) is 9.78 Å². The van der Waals surface area contributed by atoms with Gasteiger partial charge in [0.2, 0.25) is 0 Å². The summed E-state index contributed by atoms with van der Waals surface area (Å²) in [5.41, 5.74) is 0.888. The zero-order valence-electron chi connectivity index (χ0n) is 9.36. The zero-order valence-corrected chi connectivity index (χ0v) is 10.1. The van der Waals surface area contributed by atoms with Crippen LogP contribution < -0.4 is 4.74 Å². The third kappa shape index (κ3) is 2.17. The molecular formula is C12H10ClNO3. The fourth-order valence-electron chi connectivity index (χ4n) is 1.50. The van der Waals surface area contributed by atoms with Crippen LogP contribution in [-0.2, 0) is 4.74 Å². The predicted molar refractivity (Wildman–Crippen MR) is 64.6 cm³/mol. The highest BCUT2D eigenvalue weighted by atomic mass is 35.5. The quantitative estimate of drug-likeness (QED) is 0.770. The molecule has 0 fully saturated rings. The van der Waals surface area contributed by atoms with Crippen LogP contribution in [0.3, 0.4) is 0 Å². The van der Waals surface area contributed by atoms with E-state index in [1.54, 1.807) is 24.3 Å². The standard InChI is InChI=1S/C12H10ClNO3/c1-16-11-6-10-7(5-8(11)13)3-4-9(14-10)12(15)17-2/h3-6H,1-2H3. The zero-order chi connectivity index (χ0) is 12.4. The minimum absolute atomic E-state index is 0.254. The molecule has 0 aliphatic heterocycles. The average Bonchev–Trinajstić information content (AvgIpc) is 2.36. The van der Waals surface area contributed by atoms with E-state index in [1.165, 1.54) is 14.2 Å². The van der Waals surface area contributed by atoms with Crippen LogP contribution in [0.25, 0.3) is 10.9 Å². The number of fused-ring (bicyclic) bond motifs is 1. The molecule has 1 aromatic heterocycles. The normalized spacial score (nSPS) is 10.3. The number of pyridine rings is 1. The van der Waals surface area contributed by atoms with Crippen LogP contribution in [0.1, 0.15) is 10.5 Å². The summed E-state index contributed by atoms with van der Waals surface area (Å²) in [6.45, 7) is 0. The van der Waals surface area contributed by atoms with Crippen molar-refractivity contribution in [1.82, 2.24) is 4.98 Å². The summed E-state index contributed by atoms with van der Waals surface area (Å²) in [5.74, 6) is 0.0505. The Morgan fingerprint density at radius 3 is 2.71 bits per heavy atom. The lowest BCUT2D eigenvalue weighted by atomic mass is 10.2. The van der Waals surface area contributed by atoms with Crippen molar-refractivity contribution < 1.29 is 14.3 Å². The maximum atomic E-state index is 11.3. The molecule has 0 atom stereocenters. The van der Waals surface area contributed by atoms with Crippen molar-refractivity contribution in [3.05, 3.63) is 35.0 Å². The summed E-state index contributed by atoms with van der Waals surface area (Å²) in [5, 5.41) is 1.34. The SMILES string of the molecule is COC(=O)c1ccc2cc(Cl)c(OC)cc2n1. The van der Waals surface area contributed by atoms with Gasteiger partial charge in [-0.2, -0.15) is 0 Å². The second-order valence-electron chi connectivity index (χ2n) is 3.37. The van der Waals surface area contributed by atoms with Crippen LogP contribution in [0.4, 0.5) is 0 Å². The fraction of sp³-hybridized carbons (Fsp3) is 0.167. The number of benzene rings is 1. The third-order valence-electron chi connectivity index (χ3n) is 2.36. The molecule has 0 bridgehead atoms. The molecule has 5 heteroatoms. The maximum Gasteiger partial charge on any atom is 0.356 e. The highest BCUT2D eigenvalue weighted by Crippen LogP contribution is 2.29. The lowest BCUT2D eigenvalue weighted by Gasteiger charge is -2.06. The van der Waals surface area contributed by atoms with Crippen molar-refractivity contribution in [1.29, 1.82) is 0 Å². The Morgan fingerprint density at radius 1 is 1.29 bits per heavy atom. The second-order valence-corrected chi connectivity index (χ2v) is 3.77. The van der Waals surface area contributed by atoms with Crippen molar-refractivity contribution in [2.75, 3.05) is 14.2 Å². The molecule has 2 rings (SSSR count). The lowest BCUT2D eigenvalue weighted by molar-refractivity contribution is 0.0594. The number of halogens is 1. The van der Waals surface area contributed by atoms with Gasteiger partial charge in [-0.3, -0.25) is 0 Å². The molecule has 1 heterocycles. The minimum Gasteiger partial charge on any atom is -0.495 e. The van der Waals surface area contributed by atoms with Crippen LogP contribution >= 0.6 is 11.6 Å². The lowest BCUT2D eigenvalue weighted by Crippen LogP contribution is -2.03. The van der Waals surface area contributed by atoms with Crippen LogP contribution in [0, 0.1) is 0 Å². The Labute approximate surface area is 103 Å². The number of ether oxygens (including phenoxy) is 2. The van der Waals surface area contributed by atoms with E-state index in [0.29, 0.717) is 16.3 Å². The van der Waals surface area contributed by atoms with Gasteiger partial charge in [0.15, 0.2) is 0 Å². The van der Waals surface area contributed by atoms with E-state index in [-0.39, 0.29) is 5.69 Å². The number of nitrogens with zero attached hydrogens (tertiary/aromatic N) is 1. The monoisotopic (exact) mass is 251 g/mol. The molecule has 4 nitrogen and oxygen atoms in total. The number of hydrogen-bond donors (Lipinski definition) is 0. The van der Waals surface area contributed by atoms with Crippen LogP contribution in [0.2, 0.25) is 5.02 Å². The maximum absolute atomic E-state index is 11.3. The van der Waals surface area contributed by atoms with Gasteiger partial charge < -0.3 is 9.47 Å². The number of hydrogen-bond acceptors (Lipinski definition) is 4. The van der Waals surface area contributed by atoms with E-state index in [1.807, 2.05) is 0 Å². The minimum atomic E-state index is -0.471. The Kier molecular flexibility index (Phi) is 3.15. The van der Waals surface area contributed by atoms with Crippen molar-refractivity contribution in [2.45, 2.75) is 0 Å². The summed E-state index contributed by atoms with van der Waals surface area (Å²) in [6, 6.07) is 6.78. The first-order chi connectivity index (χ1) is 8.15. The first-order valence-corrected chi connectivity index (χ1v) is 5.26. The largest absolute Gasteiger partial charge is 0.495 e. The van der Waals surface area contributed by atoms with Crippen LogP contribution in [0.15, 0.2) is 24.3 Å². The molecule has 2 aromatic rings. The van der Waals surface area contributed by atoms with Gasteiger partial charge in [0, 0.05) is 11.5 Å². The van der Waals surface area contributed by atoms with Gasteiger partial charge in [0.25, 0.3) is 0 Å². The molecule has 17 heavy (non-hydrogen) atoms. The molecule has 0 spiro atoms. The molecule has 88 valence electrons. The van der Waals surface area contributed by atoms with Crippen LogP contribution in [-0.4, -0.2) is 25.2 Å². The molecular weight excluding hydrogens is 242 g/mol. The summed E-state index contributed by atoms with van der Waals surface area (Å²) >= 11 is 5.99. The van der Waals surface area contributed by atoms with E-state index in [9.17, 15) is 4.79 Å². The Bertz CT molecular complexity index is 583. The average molecular weight is 252 g/mol. The molecule has 0 amide bonds. The van der Waals surface area contributed by atoms with Crippen molar-refractivity contribution >= 4 is 28.5 Å². The third-order valence-corrected chi connectivity index (χ3v) is 2.65. The van der Waals surface area contributed by atoms with Gasteiger partial charge in [0.1, 0.15) is 11.4 Å². The Morgan fingerprint density at radius 2 is 2.06 bits per heavy atom. The number of carbonyl (C=O) groups excluding carboxylic acids is 1. The number of esters is 1. The van der Waals surface area contributed by atoms with E-state index in [0.717, 1.165) is 5.39 Å². The molecule has 1 aromatic carbocycles. The van der Waals surface area contributed by atoms with E-state index >= 15 is 0 Å². The topological polar surface area (TPSA) is 48.4 Å². The smallest absolute Gasteiger partial charge is 0.356 e. The highest BCUT2D eigenvalue weighted by Gasteiger charge is 2.10. The number of carbonyl (C=O) groups is 1. The molecule has 0 aliphatic rings. The van der Waals surface area contributed by atoms with E-state index < -0.39 is 5.97 Å². The second kappa shape index (κ2) is 4.59. The van der Waals surface area contributed by atoms with Gasteiger partial charge in [-0.15, -0.1) is 0 Å². The number of aromatic nitrogens is 1. The Balaban J connectivity index is 2.60.